The molecule has 0 aromatic heterocycles. The highest BCUT2D eigenvalue weighted by atomic mass is 35.5. The maximum atomic E-state index is 12.1. The topological polar surface area (TPSA) is 29.5 Å². The molecule has 0 unspecified atom stereocenters. The van der Waals surface area contributed by atoms with Crippen LogP contribution in [-0.2, 0) is 4.74 Å². The van der Waals surface area contributed by atoms with E-state index in [1.807, 2.05) is 0 Å². The van der Waals surface area contributed by atoms with E-state index in [2.05, 4.69) is 11.8 Å². The quantitative estimate of drug-likeness (QED) is 0.688. The van der Waals surface area contributed by atoms with E-state index >= 15 is 0 Å². The fourth-order valence-corrected chi connectivity index (χ4v) is 2.17. The fraction of sp³-hybridized carbons (Fsp3) is 0.500. The van der Waals surface area contributed by atoms with Gasteiger partial charge in [-0.15, -0.1) is 0 Å². The third kappa shape index (κ3) is 5.11. The molecule has 0 bridgehead atoms. The molecule has 0 fully saturated rings. The number of methoxy groups -OCH3 is 1. The molecule has 0 spiro atoms. The summed E-state index contributed by atoms with van der Waals surface area (Å²) in [7, 11) is 1.67. The molecule has 0 heterocycles. The zero-order valence-corrected chi connectivity index (χ0v) is 12.8. The minimum Gasteiger partial charge on any atom is -0.383 e. The molecule has 0 aliphatic carbocycles. The van der Waals surface area contributed by atoms with Crippen LogP contribution in [0, 0.1) is 0 Å². The zero-order chi connectivity index (χ0) is 14.3. The van der Waals surface area contributed by atoms with E-state index in [9.17, 15) is 4.79 Å². The van der Waals surface area contributed by atoms with Crippen LogP contribution >= 0.6 is 23.2 Å². The van der Waals surface area contributed by atoms with Gasteiger partial charge in [0.1, 0.15) is 0 Å². The average Bonchev–Trinajstić information content (AvgIpc) is 2.42. The van der Waals surface area contributed by atoms with Gasteiger partial charge in [-0.1, -0.05) is 36.2 Å². The van der Waals surface area contributed by atoms with E-state index in [0.29, 0.717) is 35.2 Å². The molecular formula is C14H19Cl2NO2. The summed E-state index contributed by atoms with van der Waals surface area (Å²) < 4.78 is 5.04. The van der Waals surface area contributed by atoms with Gasteiger partial charge >= 0.3 is 0 Å². The number of benzene rings is 1. The second-order valence-electron chi connectivity index (χ2n) is 4.20. The number of ether oxygens (including phenoxy) is 1. The summed E-state index contributed by atoms with van der Waals surface area (Å²) in [5, 5.41) is 0.758. The number of carbonyl (C=O) groups is 1. The monoisotopic (exact) mass is 303 g/mol. The highest BCUT2D eigenvalue weighted by Crippen LogP contribution is 2.26. The van der Waals surface area contributed by atoms with Gasteiger partial charge in [-0.2, -0.15) is 0 Å². The zero-order valence-electron chi connectivity index (χ0n) is 11.3. The van der Waals surface area contributed by atoms with Crippen molar-refractivity contribution in [2.75, 3.05) is 33.4 Å². The molecule has 5 heteroatoms. The van der Waals surface area contributed by atoms with Crippen LogP contribution in [0.5, 0.6) is 0 Å². The Labute approximate surface area is 124 Å². The summed E-state index contributed by atoms with van der Waals surface area (Å²) in [6.07, 6.45) is 0.428. The van der Waals surface area contributed by atoms with Crippen molar-refractivity contribution in [3.63, 3.8) is 0 Å². The first-order valence-electron chi connectivity index (χ1n) is 6.28. The van der Waals surface area contributed by atoms with Crippen molar-refractivity contribution < 1.29 is 9.53 Å². The first kappa shape index (κ1) is 16.4. The van der Waals surface area contributed by atoms with Crippen LogP contribution in [0.2, 0.25) is 10.0 Å². The lowest BCUT2D eigenvalue weighted by atomic mass is 10.1. The molecule has 3 nitrogen and oxygen atoms in total. The molecule has 1 aromatic rings. The van der Waals surface area contributed by atoms with Gasteiger partial charge in [0.2, 0.25) is 0 Å². The van der Waals surface area contributed by atoms with Gasteiger partial charge in [0.05, 0.1) is 16.7 Å². The number of rotatable bonds is 8. The molecule has 0 atom stereocenters. The number of likely N-dealkylation sites (N-methyl/N-ethyl adjacent to an activating group) is 1. The Balaban J connectivity index is 2.57. The van der Waals surface area contributed by atoms with E-state index < -0.39 is 0 Å². The van der Waals surface area contributed by atoms with Crippen LogP contribution in [0.1, 0.15) is 23.7 Å². The highest BCUT2D eigenvalue weighted by molar-refractivity contribution is 6.43. The smallest absolute Gasteiger partial charge is 0.165 e. The Morgan fingerprint density at radius 3 is 2.68 bits per heavy atom. The highest BCUT2D eigenvalue weighted by Gasteiger charge is 2.13. The number of nitrogens with zero attached hydrogens (tertiary/aromatic N) is 1. The van der Waals surface area contributed by atoms with E-state index in [4.69, 9.17) is 27.9 Å². The molecular weight excluding hydrogens is 285 g/mol. The van der Waals surface area contributed by atoms with Gasteiger partial charge in [0.25, 0.3) is 0 Å². The molecule has 0 radical (unpaired) electrons. The van der Waals surface area contributed by atoms with E-state index in [1.165, 1.54) is 0 Å². The van der Waals surface area contributed by atoms with Gasteiger partial charge in [0.15, 0.2) is 5.78 Å². The second kappa shape index (κ2) is 8.54. The van der Waals surface area contributed by atoms with Gasteiger partial charge in [-0.3, -0.25) is 4.79 Å². The molecule has 0 aliphatic heterocycles. The standard InChI is InChI=1S/C14H19Cl2NO2/c1-3-17(9-10-19-2)8-7-13(18)11-5-4-6-12(15)14(11)16/h4-6H,3,7-10H2,1-2H3. The maximum absolute atomic E-state index is 12.1. The number of hydrogen-bond acceptors (Lipinski definition) is 3. The summed E-state index contributed by atoms with van der Waals surface area (Å²) >= 11 is 11.9. The lowest BCUT2D eigenvalue weighted by molar-refractivity contribution is 0.0952. The Morgan fingerprint density at radius 2 is 2.05 bits per heavy atom. The lowest BCUT2D eigenvalue weighted by Crippen LogP contribution is -2.29. The van der Waals surface area contributed by atoms with Crippen molar-refractivity contribution in [2.24, 2.45) is 0 Å². The van der Waals surface area contributed by atoms with E-state index in [-0.39, 0.29) is 5.78 Å². The molecule has 0 saturated carbocycles. The Hall–Kier alpha value is -0.610. The van der Waals surface area contributed by atoms with Crippen LogP contribution in [-0.4, -0.2) is 44.0 Å². The van der Waals surface area contributed by atoms with Gasteiger partial charge in [0, 0.05) is 32.2 Å². The molecule has 106 valence electrons. The van der Waals surface area contributed by atoms with Gasteiger partial charge in [-0.05, 0) is 18.7 Å². The predicted octanol–water partition coefficient (Wildman–Crippen LogP) is 3.53. The van der Waals surface area contributed by atoms with Gasteiger partial charge in [-0.25, -0.2) is 0 Å². The van der Waals surface area contributed by atoms with Crippen molar-refractivity contribution in [3.8, 4) is 0 Å². The van der Waals surface area contributed by atoms with Crippen LogP contribution < -0.4 is 0 Å². The third-order valence-electron chi connectivity index (χ3n) is 2.97. The number of ketones is 1. The summed E-state index contributed by atoms with van der Waals surface area (Å²) in [6.45, 7) is 5.14. The van der Waals surface area contributed by atoms with Crippen LogP contribution in [0.3, 0.4) is 0 Å². The Bertz CT molecular complexity index is 424. The first-order chi connectivity index (χ1) is 9.10. The van der Waals surface area contributed by atoms with Crippen molar-refractivity contribution in [2.45, 2.75) is 13.3 Å². The van der Waals surface area contributed by atoms with Crippen molar-refractivity contribution in [1.82, 2.24) is 4.90 Å². The normalized spacial score (nSPS) is 11.0. The van der Waals surface area contributed by atoms with Crippen molar-refractivity contribution in [3.05, 3.63) is 33.8 Å². The predicted molar refractivity (Wildman–Crippen MR) is 79.4 cm³/mol. The van der Waals surface area contributed by atoms with Crippen LogP contribution in [0.15, 0.2) is 18.2 Å². The molecule has 0 saturated heterocycles. The van der Waals surface area contributed by atoms with Gasteiger partial charge < -0.3 is 9.64 Å². The molecule has 0 aliphatic rings. The summed E-state index contributed by atoms with van der Waals surface area (Å²) in [6, 6.07) is 5.13. The molecule has 1 aromatic carbocycles. The Kier molecular flexibility index (Phi) is 7.39. The lowest BCUT2D eigenvalue weighted by Gasteiger charge is -2.19. The molecule has 0 amide bonds. The maximum Gasteiger partial charge on any atom is 0.165 e. The summed E-state index contributed by atoms with van der Waals surface area (Å²) in [5.41, 5.74) is 0.497. The SMILES string of the molecule is CCN(CCOC)CCC(=O)c1cccc(Cl)c1Cl. The molecule has 0 N–H and O–H groups in total. The van der Waals surface area contributed by atoms with Crippen LogP contribution in [0.25, 0.3) is 0 Å². The number of carbonyl (C=O) groups excluding carboxylic acids is 1. The van der Waals surface area contributed by atoms with Crippen molar-refractivity contribution in [1.29, 1.82) is 0 Å². The molecule has 1 rings (SSSR count). The number of halogens is 2. The van der Waals surface area contributed by atoms with E-state index in [0.717, 1.165) is 13.1 Å². The second-order valence-corrected chi connectivity index (χ2v) is 4.99. The number of Topliss-reactive ketones (excluding diaryl/α,β-unsaturated/α-hetero) is 1. The Morgan fingerprint density at radius 1 is 1.32 bits per heavy atom. The van der Waals surface area contributed by atoms with Crippen molar-refractivity contribution >= 4 is 29.0 Å². The minimum atomic E-state index is 0.0170. The third-order valence-corrected chi connectivity index (χ3v) is 3.78. The fourth-order valence-electron chi connectivity index (χ4n) is 1.76. The average molecular weight is 304 g/mol. The van der Waals surface area contributed by atoms with Crippen LogP contribution in [0.4, 0.5) is 0 Å². The molecule has 19 heavy (non-hydrogen) atoms. The summed E-state index contributed by atoms with van der Waals surface area (Å²) in [5.74, 6) is 0.0170. The first-order valence-corrected chi connectivity index (χ1v) is 7.04. The summed E-state index contributed by atoms with van der Waals surface area (Å²) in [4.78, 5) is 14.3. The number of hydrogen-bond donors (Lipinski definition) is 0. The minimum absolute atomic E-state index is 0.0170. The largest absolute Gasteiger partial charge is 0.383 e. The van der Waals surface area contributed by atoms with E-state index in [1.54, 1.807) is 25.3 Å².